The number of imidazole rings is 1. The van der Waals surface area contributed by atoms with E-state index in [-0.39, 0.29) is 16.8 Å². The topological polar surface area (TPSA) is 90.2 Å². The Bertz CT molecular complexity index is 512. The first-order valence-corrected chi connectivity index (χ1v) is 6.70. The first kappa shape index (κ1) is 12.4. The molecule has 0 saturated carbocycles. The van der Waals surface area contributed by atoms with Gasteiger partial charge in [0.25, 0.3) is 0 Å². The Labute approximate surface area is 111 Å². The minimum Gasteiger partial charge on any atom is -0.358 e. The lowest BCUT2D eigenvalue weighted by atomic mass is 9.98. The highest BCUT2D eigenvalue weighted by Gasteiger charge is 2.44. The molecule has 0 spiro atoms. The summed E-state index contributed by atoms with van der Waals surface area (Å²) in [6.45, 7) is 1.80. The lowest BCUT2D eigenvalue weighted by Gasteiger charge is -2.38. The first-order chi connectivity index (χ1) is 8.99. The van der Waals surface area contributed by atoms with Crippen LogP contribution in [0.25, 0.3) is 0 Å². The predicted molar refractivity (Wildman–Crippen MR) is 71.1 cm³/mol. The molecule has 104 valence electrons. The highest BCUT2D eigenvalue weighted by Crippen LogP contribution is 2.42. The largest absolute Gasteiger partial charge is 0.406 e. The Kier molecular flexibility index (Phi) is 2.74. The van der Waals surface area contributed by atoms with Gasteiger partial charge < -0.3 is 20.7 Å². The fraction of sp³-hybridized carbons (Fsp3) is 0.750. The summed E-state index contributed by atoms with van der Waals surface area (Å²) in [4.78, 5) is 17.1. The van der Waals surface area contributed by atoms with Gasteiger partial charge in [0, 0.05) is 32.1 Å². The molecule has 0 radical (unpaired) electrons. The quantitative estimate of drug-likeness (QED) is 0.638. The second kappa shape index (κ2) is 4.19. The summed E-state index contributed by atoms with van der Waals surface area (Å²) in [7, 11) is 1.85. The zero-order valence-corrected chi connectivity index (χ0v) is 11.2. The van der Waals surface area contributed by atoms with Gasteiger partial charge in [0.1, 0.15) is 0 Å². The lowest BCUT2D eigenvalue weighted by Crippen LogP contribution is -2.48. The molecule has 19 heavy (non-hydrogen) atoms. The van der Waals surface area contributed by atoms with Gasteiger partial charge in [-0.05, 0) is 35.6 Å². The Morgan fingerprint density at radius 3 is 2.47 bits per heavy atom. The molecular formula is C12H19N5O2. The van der Waals surface area contributed by atoms with E-state index in [9.17, 15) is 10.1 Å². The molecule has 2 atom stereocenters. The van der Waals surface area contributed by atoms with Crippen molar-refractivity contribution in [2.24, 2.45) is 12.8 Å². The molecule has 7 nitrogen and oxygen atoms in total. The van der Waals surface area contributed by atoms with E-state index in [1.807, 2.05) is 11.6 Å². The van der Waals surface area contributed by atoms with Crippen LogP contribution in [-0.4, -0.2) is 32.6 Å². The molecule has 2 aliphatic rings. The van der Waals surface area contributed by atoms with Crippen molar-refractivity contribution < 1.29 is 4.92 Å². The van der Waals surface area contributed by atoms with Crippen LogP contribution in [0.1, 0.15) is 31.5 Å². The van der Waals surface area contributed by atoms with Crippen molar-refractivity contribution in [3.8, 4) is 0 Å². The van der Waals surface area contributed by atoms with Crippen LogP contribution in [0.2, 0.25) is 0 Å². The van der Waals surface area contributed by atoms with Crippen LogP contribution >= 0.6 is 0 Å². The van der Waals surface area contributed by atoms with Crippen molar-refractivity contribution >= 4 is 11.6 Å². The fourth-order valence-corrected chi connectivity index (χ4v) is 3.56. The maximum atomic E-state index is 11.2. The molecule has 3 heterocycles. The van der Waals surface area contributed by atoms with E-state index in [4.69, 9.17) is 5.73 Å². The smallest absolute Gasteiger partial charge is 0.358 e. The van der Waals surface area contributed by atoms with Gasteiger partial charge in [-0.2, -0.15) is 0 Å². The number of aryl methyl sites for hydroxylation is 1. The van der Waals surface area contributed by atoms with Crippen LogP contribution in [0.5, 0.6) is 0 Å². The lowest BCUT2D eigenvalue weighted by molar-refractivity contribution is -0.388. The number of anilines is 1. The van der Waals surface area contributed by atoms with Crippen LogP contribution < -0.4 is 10.6 Å². The highest BCUT2D eigenvalue weighted by atomic mass is 16.6. The summed E-state index contributed by atoms with van der Waals surface area (Å²) in [5.74, 6) is 1.31. The van der Waals surface area contributed by atoms with E-state index in [2.05, 4.69) is 9.88 Å². The second-order valence-electron chi connectivity index (χ2n) is 5.65. The molecule has 3 rings (SSSR count). The van der Waals surface area contributed by atoms with E-state index in [1.165, 1.54) is 0 Å². The maximum Gasteiger partial charge on any atom is 0.406 e. The molecule has 2 unspecified atom stereocenters. The second-order valence-corrected chi connectivity index (χ2v) is 5.65. The molecule has 0 aromatic carbocycles. The van der Waals surface area contributed by atoms with E-state index in [0.29, 0.717) is 23.7 Å². The van der Waals surface area contributed by atoms with Gasteiger partial charge >= 0.3 is 5.82 Å². The van der Waals surface area contributed by atoms with Gasteiger partial charge in [0.15, 0.2) is 0 Å². The highest BCUT2D eigenvalue weighted by molar-refractivity contribution is 5.58. The van der Waals surface area contributed by atoms with Crippen LogP contribution in [0.15, 0.2) is 0 Å². The van der Waals surface area contributed by atoms with E-state index in [1.54, 1.807) is 6.92 Å². The summed E-state index contributed by atoms with van der Waals surface area (Å²) < 4.78 is 1.83. The zero-order valence-electron chi connectivity index (χ0n) is 11.2. The minimum absolute atomic E-state index is 0.0210. The van der Waals surface area contributed by atoms with E-state index in [0.717, 1.165) is 25.7 Å². The van der Waals surface area contributed by atoms with Crippen molar-refractivity contribution in [3.05, 3.63) is 15.9 Å². The van der Waals surface area contributed by atoms with Crippen LogP contribution in [0.4, 0.5) is 11.6 Å². The van der Waals surface area contributed by atoms with Crippen LogP contribution in [0, 0.1) is 17.0 Å². The fourth-order valence-electron chi connectivity index (χ4n) is 3.56. The number of nitro groups is 1. The molecule has 0 amide bonds. The number of hydrogen-bond donors (Lipinski definition) is 1. The minimum atomic E-state index is -0.379. The van der Waals surface area contributed by atoms with Crippen molar-refractivity contribution in [2.45, 2.75) is 50.7 Å². The van der Waals surface area contributed by atoms with Gasteiger partial charge in [-0.1, -0.05) is 0 Å². The number of nitrogens with two attached hydrogens (primary N) is 1. The standard InChI is InChI=1S/C12H19N5O2/c1-7-14-11(17(18)19)12(15(7)2)16-9-3-4-10(16)6-8(13)5-9/h8-10H,3-6,13H2,1-2H3. The van der Waals surface area contributed by atoms with Gasteiger partial charge in [0.05, 0.1) is 0 Å². The molecule has 1 aromatic rings. The Balaban J connectivity index is 2.05. The Morgan fingerprint density at radius 2 is 1.95 bits per heavy atom. The van der Waals surface area contributed by atoms with Crippen molar-refractivity contribution in [3.63, 3.8) is 0 Å². The van der Waals surface area contributed by atoms with Gasteiger partial charge in [-0.3, -0.25) is 4.57 Å². The number of nitrogens with zero attached hydrogens (tertiary/aromatic N) is 4. The van der Waals surface area contributed by atoms with E-state index < -0.39 is 0 Å². The number of hydrogen-bond acceptors (Lipinski definition) is 5. The van der Waals surface area contributed by atoms with Gasteiger partial charge in [-0.15, -0.1) is 0 Å². The van der Waals surface area contributed by atoms with Crippen molar-refractivity contribution in [2.75, 3.05) is 4.90 Å². The molecule has 2 N–H and O–H groups in total. The third-order valence-corrected chi connectivity index (χ3v) is 4.46. The maximum absolute atomic E-state index is 11.2. The number of aromatic nitrogens is 2. The first-order valence-electron chi connectivity index (χ1n) is 6.70. The van der Waals surface area contributed by atoms with Crippen LogP contribution in [0.3, 0.4) is 0 Å². The third kappa shape index (κ3) is 1.80. The summed E-state index contributed by atoms with van der Waals surface area (Å²) in [6, 6.07) is 0.867. The van der Waals surface area contributed by atoms with Crippen molar-refractivity contribution in [1.82, 2.24) is 9.55 Å². The number of fused-ring (bicyclic) bond motifs is 2. The monoisotopic (exact) mass is 265 g/mol. The molecular weight excluding hydrogens is 246 g/mol. The molecule has 7 heteroatoms. The third-order valence-electron chi connectivity index (χ3n) is 4.46. The average Bonchev–Trinajstić information content (AvgIpc) is 2.76. The average molecular weight is 265 g/mol. The van der Waals surface area contributed by atoms with Crippen LogP contribution in [-0.2, 0) is 7.05 Å². The molecule has 2 aliphatic heterocycles. The number of rotatable bonds is 2. The Hall–Kier alpha value is -1.63. The zero-order chi connectivity index (χ0) is 13.7. The molecule has 2 fully saturated rings. The SMILES string of the molecule is Cc1nc([N+](=O)[O-])c(N2C3CCC2CC(N)C3)n1C. The Morgan fingerprint density at radius 1 is 1.37 bits per heavy atom. The summed E-state index contributed by atoms with van der Waals surface area (Å²) in [5.41, 5.74) is 6.05. The molecule has 0 aliphatic carbocycles. The summed E-state index contributed by atoms with van der Waals surface area (Å²) in [6.07, 6.45) is 3.97. The van der Waals surface area contributed by atoms with Gasteiger partial charge in [0.2, 0.25) is 11.6 Å². The normalized spacial score (nSPS) is 29.8. The van der Waals surface area contributed by atoms with E-state index >= 15 is 0 Å². The number of piperidine rings is 1. The summed E-state index contributed by atoms with van der Waals surface area (Å²) in [5, 5.41) is 11.2. The molecule has 2 saturated heterocycles. The predicted octanol–water partition coefficient (Wildman–Crippen LogP) is 1.10. The molecule has 2 bridgehead atoms. The van der Waals surface area contributed by atoms with Crippen molar-refractivity contribution in [1.29, 1.82) is 0 Å². The summed E-state index contributed by atoms with van der Waals surface area (Å²) >= 11 is 0. The molecule has 1 aromatic heterocycles. The van der Waals surface area contributed by atoms with Gasteiger partial charge in [-0.25, -0.2) is 0 Å².